The van der Waals surface area contributed by atoms with E-state index in [4.69, 9.17) is 5.73 Å². The smallest absolute Gasteiger partial charge is 0.239 e. The molecule has 2 N–H and O–H groups in total. The lowest BCUT2D eigenvalue weighted by atomic mass is 9.97. The Balaban J connectivity index is 2.49. The van der Waals surface area contributed by atoms with Crippen molar-refractivity contribution in [1.82, 2.24) is 4.90 Å². The van der Waals surface area contributed by atoms with E-state index in [1.807, 2.05) is 11.2 Å². The third-order valence-electron chi connectivity index (χ3n) is 3.49. The Labute approximate surface area is 109 Å². The maximum absolute atomic E-state index is 12.2. The summed E-state index contributed by atoms with van der Waals surface area (Å²) in [6.45, 7) is 6.28. The molecule has 0 aromatic rings. The molecular weight excluding hydrogens is 232 g/mol. The highest BCUT2D eigenvalue weighted by Gasteiger charge is 2.25. The summed E-state index contributed by atoms with van der Waals surface area (Å²) < 4.78 is 0. The molecule has 1 heterocycles. The van der Waals surface area contributed by atoms with E-state index in [1.54, 1.807) is 11.8 Å². The lowest BCUT2D eigenvalue weighted by Crippen LogP contribution is -2.45. The number of carbonyl (C=O) groups is 1. The average Bonchev–Trinajstić information content (AvgIpc) is 2.46. The van der Waals surface area contributed by atoms with E-state index < -0.39 is 0 Å². The molecule has 1 amide bonds. The molecule has 100 valence electrons. The average molecular weight is 258 g/mol. The normalized spacial score (nSPS) is 27.6. The number of carbonyl (C=O) groups excluding carboxylic acids is 1. The summed E-state index contributed by atoms with van der Waals surface area (Å²) in [5.41, 5.74) is 5.96. The highest BCUT2D eigenvalue weighted by atomic mass is 32.2. The predicted molar refractivity (Wildman–Crippen MR) is 75.1 cm³/mol. The highest BCUT2D eigenvalue weighted by Crippen LogP contribution is 2.21. The molecule has 0 spiro atoms. The van der Waals surface area contributed by atoms with Crippen LogP contribution >= 0.6 is 11.8 Å². The van der Waals surface area contributed by atoms with Crippen LogP contribution in [0.25, 0.3) is 0 Å². The van der Waals surface area contributed by atoms with Crippen molar-refractivity contribution in [3.05, 3.63) is 0 Å². The predicted octanol–water partition coefficient (Wildman–Crippen LogP) is 1.96. The van der Waals surface area contributed by atoms with Crippen LogP contribution in [0.15, 0.2) is 0 Å². The number of rotatable bonds is 4. The van der Waals surface area contributed by atoms with Gasteiger partial charge in [0.2, 0.25) is 5.91 Å². The molecule has 0 aliphatic carbocycles. The first-order valence-corrected chi connectivity index (χ1v) is 7.97. The fourth-order valence-corrected chi connectivity index (χ4v) is 3.02. The van der Waals surface area contributed by atoms with Crippen LogP contribution in [0.4, 0.5) is 0 Å². The summed E-state index contributed by atoms with van der Waals surface area (Å²) in [6, 6.07) is -0.303. The second-order valence-electron chi connectivity index (χ2n) is 5.41. The van der Waals surface area contributed by atoms with Gasteiger partial charge in [-0.2, -0.15) is 11.8 Å². The Bertz CT molecular complexity index is 248. The van der Waals surface area contributed by atoms with Crippen LogP contribution in [0.2, 0.25) is 0 Å². The number of hydrogen-bond acceptors (Lipinski definition) is 3. The third kappa shape index (κ3) is 4.88. The van der Waals surface area contributed by atoms with Crippen LogP contribution in [0, 0.1) is 11.8 Å². The molecule has 1 fully saturated rings. The topological polar surface area (TPSA) is 46.3 Å². The van der Waals surface area contributed by atoms with Crippen molar-refractivity contribution in [2.45, 2.75) is 39.2 Å². The van der Waals surface area contributed by atoms with E-state index in [2.05, 4.69) is 13.8 Å². The van der Waals surface area contributed by atoms with Gasteiger partial charge >= 0.3 is 0 Å². The molecule has 1 aliphatic rings. The minimum Gasteiger partial charge on any atom is -0.341 e. The molecule has 0 bridgehead atoms. The van der Waals surface area contributed by atoms with Gasteiger partial charge in [0, 0.05) is 13.1 Å². The van der Waals surface area contributed by atoms with Crippen molar-refractivity contribution >= 4 is 17.7 Å². The number of thioether (sulfide) groups is 1. The van der Waals surface area contributed by atoms with E-state index in [9.17, 15) is 4.79 Å². The van der Waals surface area contributed by atoms with Crippen molar-refractivity contribution < 1.29 is 4.79 Å². The minimum atomic E-state index is -0.303. The first kappa shape index (κ1) is 14.8. The molecule has 1 aliphatic heterocycles. The zero-order valence-corrected chi connectivity index (χ0v) is 12.1. The van der Waals surface area contributed by atoms with Crippen molar-refractivity contribution in [1.29, 1.82) is 0 Å². The maximum atomic E-state index is 12.2. The highest BCUT2D eigenvalue weighted by molar-refractivity contribution is 7.98. The largest absolute Gasteiger partial charge is 0.341 e. The van der Waals surface area contributed by atoms with Gasteiger partial charge in [0.05, 0.1) is 6.04 Å². The number of amides is 1. The maximum Gasteiger partial charge on any atom is 0.239 e. The van der Waals surface area contributed by atoms with E-state index in [0.717, 1.165) is 37.6 Å². The molecule has 0 unspecified atom stereocenters. The summed E-state index contributed by atoms with van der Waals surface area (Å²) in [4.78, 5) is 14.2. The van der Waals surface area contributed by atoms with E-state index in [0.29, 0.717) is 5.92 Å². The summed E-state index contributed by atoms with van der Waals surface area (Å²) in [6.07, 6.45) is 5.18. The van der Waals surface area contributed by atoms with Gasteiger partial charge in [-0.3, -0.25) is 4.79 Å². The zero-order chi connectivity index (χ0) is 12.8. The first-order chi connectivity index (χ1) is 8.04. The Morgan fingerprint density at radius 2 is 2.18 bits per heavy atom. The number of likely N-dealkylation sites (tertiary alicyclic amines) is 1. The van der Waals surface area contributed by atoms with Crippen LogP contribution in [-0.2, 0) is 4.79 Å². The van der Waals surface area contributed by atoms with Crippen molar-refractivity contribution in [3.8, 4) is 0 Å². The summed E-state index contributed by atoms with van der Waals surface area (Å²) in [7, 11) is 0. The Hall–Kier alpha value is -0.220. The van der Waals surface area contributed by atoms with Crippen LogP contribution in [0.1, 0.15) is 33.1 Å². The summed E-state index contributed by atoms with van der Waals surface area (Å²) in [5.74, 6) is 2.45. The van der Waals surface area contributed by atoms with Gasteiger partial charge in [0.15, 0.2) is 0 Å². The van der Waals surface area contributed by atoms with Gasteiger partial charge in [0.25, 0.3) is 0 Å². The molecule has 3 nitrogen and oxygen atoms in total. The standard InChI is InChI=1S/C13H26N2OS/c1-10-4-6-15(9-11(2)8-10)13(16)12(14)5-7-17-3/h10-12H,4-9,14H2,1-3H3/t10-,11-,12+/m1/s1. The van der Waals surface area contributed by atoms with Crippen molar-refractivity contribution in [2.75, 3.05) is 25.1 Å². The van der Waals surface area contributed by atoms with Crippen LogP contribution in [0.3, 0.4) is 0 Å². The van der Waals surface area contributed by atoms with Crippen LogP contribution < -0.4 is 5.73 Å². The zero-order valence-electron chi connectivity index (χ0n) is 11.3. The molecular formula is C13H26N2OS. The second-order valence-corrected chi connectivity index (χ2v) is 6.39. The third-order valence-corrected chi connectivity index (χ3v) is 4.13. The second kappa shape index (κ2) is 7.27. The lowest BCUT2D eigenvalue weighted by molar-refractivity contribution is -0.133. The molecule has 0 aromatic carbocycles. The van der Waals surface area contributed by atoms with E-state index >= 15 is 0 Å². The molecule has 4 heteroatoms. The Morgan fingerprint density at radius 3 is 2.82 bits per heavy atom. The van der Waals surface area contributed by atoms with E-state index in [-0.39, 0.29) is 11.9 Å². The molecule has 1 rings (SSSR count). The van der Waals surface area contributed by atoms with E-state index in [1.165, 1.54) is 6.42 Å². The molecule has 0 aromatic heterocycles. The Morgan fingerprint density at radius 1 is 1.47 bits per heavy atom. The molecule has 0 radical (unpaired) electrons. The number of nitrogens with zero attached hydrogens (tertiary/aromatic N) is 1. The van der Waals surface area contributed by atoms with Gasteiger partial charge in [-0.25, -0.2) is 0 Å². The molecule has 1 saturated heterocycles. The van der Waals surface area contributed by atoms with Gasteiger partial charge in [-0.15, -0.1) is 0 Å². The fraction of sp³-hybridized carbons (Fsp3) is 0.923. The number of nitrogens with two attached hydrogens (primary N) is 1. The first-order valence-electron chi connectivity index (χ1n) is 6.58. The number of hydrogen-bond donors (Lipinski definition) is 1. The minimum absolute atomic E-state index is 0.153. The van der Waals surface area contributed by atoms with Crippen molar-refractivity contribution in [2.24, 2.45) is 17.6 Å². The quantitative estimate of drug-likeness (QED) is 0.838. The summed E-state index contributed by atoms with van der Waals surface area (Å²) in [5, 5.41) is 0. The molecule has 3 atom stereocenters. The van der Waals surface area contributed by atoms with Crippen LogP contribution in [-0.4, -0.2) is 41.9 Å². The monoisotopic (exact) mass is 258 g/mol. The fourth-order valence-electron chi connectivity index (χ4n) is 2.53. The Kier molecular flexibility index (Phi) is 6.34. The summed E-state index contributed by atoms with van der Waals surface area (Å²) >= 11 is 1.75. The molecule has 17 heavy (non-hydrogen) atoms. The SMILES string of the molecule is CSCC[C@H](N)C(=O)N1CC[C@@H](C)C[C@@H](C)C1. The van der Waals surface area contributed by atoms with Gasteiger partial charge in [0.1, 0.15) is 0 Å². The van der Waals surface area contributed by atoms with Gasteiger partial charge in [-0.05, 0) is 43.1 Å². The molecule has 0 saturated carbocycles. The van der Waals surface area contributed by atoms with Gasteiger partial charge < -0.3 is 10.6 Å². The van der Waals surface area contributed by atoms with Crippen LogP contribution in [0.5, 0.6) is 0 Å². The lowest BCUT2D eigenvalue weighted by Gasteiger charge is -2.25. The van der Waals surface area contributed by atoms with Crippen molar-refractivity contribution in [3.63, 3.8) is 0 Å². The van der Waals surface area contributed by atoms with Gasteiger partial charge in [-0.1, -0.05) is 13.8 Å².